The maximum Gasteiger partial charge on any atom is 0.127 e. The average molecular weight is 289 g/mol. The summed E-state index contributed by atoms with van der Waals surface area (Å²) in [6.07, 6.45) is 4.57. The second-order valence-corrected chi connectivity index (χ2v) is 5.47. The number of ether oxygens (including phenoxy) is 1. The molecule has 20 heavy (non-hydrogen) atoms. The predicted octanol–water partition coefficient (Wildman–Crippen LogP) is 3.52. The maximum atomic E-state index is 6.17. The third-order valence-corrected chi connectivity index (χ3v) is 3.85. The molecule has 3 rings (SSSR count). The van der Waals surface area contributed by atoms with Crippen LogP contribution in [0, 0.1) is 0 Å². The Morgan fingerprint density at radius 1 is 1.35 bits per heavy atom. The van der Waals surface area contributed by atoms with Crippen LogP contribution in [0.3, 0.4) is 0 Å². The Balaban J connectivity index is 1.73. The lowest BCUT2D eigenvalue weighted by atomic mass is 10.1. The van der Waals surface area contributed by atoms with Gasteiger partial charge in [0.15, 0.2) is 0 Å². The molecule has 1 aliphatic heterocycles. The van der Waals surface area contributed by atoms with E-state index in [9.17, 15) is 0 Å². The third kappa shape index (κ3) is 2.79. The van der Waals surface area contributed by atoms with Gasteiger partial charge in [0.25, 0.3) is 0 Å². The minimum absolute atomic E-state index is 0.258. The van der Waals surface area contributed by atoms with Crippen molar-refractivity contribution >= 4 is 11.6 Å². The Bertz CT molecular complexity index is 601. The highest BCUT2D eigenvalue weighted by molar-refractivity contribution is 6.30. The van der Waals surface area contributed by atoms with Crippen molar-refractivity contribution in [3.05, 3.63) is 58.4 Å². The highest BCUT2D eigenvalue weighted by Gasteiger charge is 2.17. The zero-order chi connectivity index (χ0) is 13.9. The van der Waals surface area contributed by atoms with Crippen LogP contribution in [0.1, 0.15) is 29.7 Å². The molecular weight excluding hydrogens is 272 g/mol. The van der Waals surface area contributed by atoms with E-state index in [4.69, 9.17) is 16.3 Å². The van der Waals surface area contributed by atoms with Gasteiger partial charge in [-0.2, -0.15) is 0 Å². The van der Waals surface area contributed by atoms with Crippen LogP contribution in [0.25, 0.3) is 0 Å². The molecule has 1 N–H and O–H groups in total. The summed E-state index contributed by atoms with van der Waals surface area (Å²) in [5.41, 5.74) is 3.57. The number of nitrogens with zero attached hydrogens (tertiary/aromatic N) is 1. The van der Waals surface area contributed by atoms with E-state index in [-0.39, 0.29) is 6.04 Å². The first kappa shape index (κ1) is 13.4. The molecule has 1 unspecified atom stereocenters. The molecule has 0 bridgehead atoms. The molecule has 104 valence electrons. The number of hydrogen-bond acceptors (Lipinski definition) is 3. The molecule has 2 aromatic rings. The molecule has 1 aromatic heterocycles. The molecule has 0 saturated carbocycles. The van der Waals surface area contributed by atoms with Crippen LogP contribution >= 0.6 is 11.6 Å². The fourth-order valence-corrected chi connectivity index (χ4v) is 2.77. The molecule has 1 atom stereocenters. The highest BCUT2D eigenvalue weighted by Crippen LogP contribution is 2.33. The predicted molar refractivity (Wildman–Crippen MR) is 80.1 cm³/mol. The van der Waals surface area contributed by atoms with E-state index >= 15 is 0 Å². The first-order valence-corrected chi connectivity index (χ1v) is 7.19. The highest BCUT2D eigenvalue weighted by atomic mass is 35.5. The molecule has 3 nitrogen and oxygen atoms in total. The smallest absolute Gasteiger partial charge is 0.127 e. The minimum Gasteiger partial charge on any atom is -0.493 e. The second-order valence-electron chi connectivity index (χ2n) is 5.03. The van der Waals surface area contributed by atoms with E-state index in [1.54, 1.807) is 0 Å². The van der Waals surface area contributed by atoms with E-state index < -0.39 is 0 Å². The van der Waals surface area contributed by atoms with E-state index in [0.29, 0.717) is 0 Å². The van der Waals surface area contributed by atoms with Gasteiger partial charge in [0, 0.05) is 42.0 Å². The van der Waals surface area contributed by atoms with Gasteiger partial charge in [0.2, 0.25) is 0 Å². The molecule has 0 spiro atoms. The summed E-state index contributed by atoms with van der Waals surface area (Å²) in [6.45, 7) is 3.63. The van der Waals surface area contributed by atoms with Crippen LogP contribution in [0.4, 0.5) is 0 Å². The Hall–Kier alpha value is -1.58. The van der Waals surface area contributed by atoms with Gasteiger partial charge in [-0.05, 0) is 42.3 Å². The Labute approximate surface area is 123 Å². The monoisotopic (exact) mass is 288 g/mol. The molecule has 0 saturated heterocycles. The van der Waals surface area contributed by atoms with Crippen molar-refractivity contribution in [2.24, 2.45) is 0 Å². The summed E-state index contributed by atoms with van der Waals surface area (Å²) in [4.78, 5) is 4.04. The summed E-state index contributed by atoms with van der Waals surface area (Å²) < 4.78 is 5.71. The largest absolute Gasteiger partial charge is 0.493 e. The number of aromatic nitrogens is 1. The number of benzene rings is 1. The quantitative estimate of drug-likeness (QED) is 0.935. The zero-order valence-corrected chi connectivity index (χ0v) is 12.2. The van der Waals surface area contributed by atoms with E-state index in [1.807, 2.05) is 36.7 Å². The van der Waals surface area contributed by atoms with Gasteiger partial charge in [0.05, 0.1) is 6.61 Å². The van der Waals surface area contributed by atoms with Crippen LogP contribution in [-0.4, -0.2) is 11.6 Å². The lowest BCUT2D eigenvalue weighted by molar-refractivity contribution is 0.351. The summed E-state index contributed by atoms with van der Waals surface area (Å²) in [5.74, 6) is 1.00. The Kier molecular flexibility index (Phi) is 3.90. The van der Waals surface area contributed by atoms with Crippen molar-refractivity contribution in [3.8, 4) is 5.75 Å². The number of fused-ring (bicyclic) bond motifs is 1. The lowest BCUT2D eigenvalue weighted by Gasteiger charge is -2.16. The summed E-state index contributed by atoms with van der Waals surface area (Å²) in [7, 11) is 0. The molecule has 0 radical (unpaired) electrons. The Morgan fingerprint density at radius 2 is 2.15 bits per heavy atom. The van der Waals surface area contributed by atoms with Crippen LogP contribution < -0.4 is 10.1 Å². The minimum atomic E-state index is 0.258. The van der Waals surface area contributed by atoms with Gasteiger partial charge in [-0.1, -0.05) is 11.6 Å². The van der Waals surface area contributed by atoms with Crippen molar-refractivity contribution < 1.29 is 4.74 Å². The second kappa shape index (κ2) is 5.81. The standard InChI is InChI=1S/C16H17ClN2O/c1-11(12-2-5-18-6-3-12)19-10-14-9-15(17)8-13-4-7-20-16(13)14/h2-3,5-6,8-9,11,19H,4,7,10H2,1H3. The summed E-state index contributed by atoms with van der Waals surface area (Å²) in [5, 5.41) is 4.29. The molecule has 0 aliphatic carbocycles. The fourth-order valence-electron chi connectivity index (χ4n) is 2.51. The number of nitrogens with one attached hydrogen (secondary N) is 1. The van der Waals surface area contributed by atoms with Gasteiger partial charge in [-0.15, -0.1) is 0 Å². The first-order chi connectivity index (χ1) is 9.74. The molecule has 0 amide bonds. The van der Waals surface area contributed by atoms with Crippen molar-refractivity contribution in [1.82, 2.24) is 10.3 Å². The molecule has 1 aliphatic rings. The Morgan fingerprint density at radius 3 is 2.95 bits per heavy atom. The van der Waals surface area contributed by atoms with Gasteiger partial charge in [0.1, 0.15) is 5.75 Å². The molecular formula is C16H17ClN2O. The first-order valence-electron chi connectivity index (χ1n) is 6.81. The van der Waals surface area contributed by atoms with E-state index in [2.05, 4.69) is 17.2 Å². The van der Waals surface area contributed by atoms with Crippen molar-refractivity contribution in [3.63, 3.8) is 0 Å². The molecule has 1 aromatic carbocycles. The normalized spacial score (nSPS) is 14.7. The summed E-state index contributed by atoms with van der Waals surface area (Å²) in [6, 6.07) is 8.29. The van der Waals surface area contributed by atoms with Gasteiger partial charge in [-0.25, -0.2) is 0 Å². The van der Waals surface area contributed by atoms with Crippen LogP contribution in [0.2, 0.25) is 5.02 Å². The zero-order valence-electron chi connectivity index (χ0n) is 11.4. The van der Waals surface area contributed by atoms with Gasteiger partial charge >= 0.3 is 0 Å². The van der Waals surface area contributed by atoms with E-state index in [1.165, 1.54) is 11.1 Å². The lowest BCUT2D eigenvalue weighted by Crippen LogP contribution is -2.18. The number of pyridine rings is 1. The van der Waals surface area contributed by atoms with Crippen LogP contribution in [0.5, 0.6) is 5.75 Å². The van der Waals surface area contributed by atoms with Gasteiger partial charge in [-0.3, -0.25) is 4.98 Å². The molecule has 4 heteroatoms. The third-order valence-electron chi connectivity index (χ3n) is 3.63. The SMILES string of the molecule is CC(NCc1cc(Cl)cc2c1OCC2)c1ccncc1. The molecule has 0 fully saturated rings. The number of hydrogen-bond donors (Lipinski definition) is 1. The average Bonchev–Trinajstić information content (AvgIpc) is 2.93. The van der Waals surface area contributed by atoms with Gasteiger partial charge < -0.3 is 10.1 Å². The van der Waals surface area contributed by atoms with E-state index in [0.717, 1.165) is 35.9 Å². The number of rotatable bonds is 4. The fraction of sp³-hybridized carbons (Fsp3) is 0.312. The van der Waals surface area contributed by atoms with Crippen molar-refractivity contribution in [2.75, 3.05) is 6.61 Å². The van der Waals surface area contributed by atoms with Crippen molar-refractivity contribution in [2.45, 2.75) is 25.9 Å². The van der Waals surface area contributed by atoms with Crippen LogP contribution in [0.15, 0.2) is 36.7 Å². The maximum absolute atomic E-state index is 6.17. The topological polar surface area (TPSA) is 34.1 Å². The summed E-state index contributed by atoms with van der Waals surface area (Å²) >= 11 is 6.17. The van der Waals surface area contributed by atoms with Crippen molar-refractivity contribution in [1.29, 1.82) is 0 Å². The molecule has 2 heterocycles. The van der Waals surface area contributed by atoms with Crippen LogP contribution in [-0.2, 0) is 13.0 Å². The number of halogens is 1.